The first-order chi connectivity index (χ1) is 8.83. The highest BCUT2D eigenvalue weighted by atomic mass is 32.1. The molecule has 2 aromatic carbocycles. The van der Waals surface area contributed by atoms with Gasteiger partial charge in [0, 0.05) is 10.3 Å². The van der Waals surface area contributed by atoms with Crippen LogP contribution in [0.2, 0.25) is 0 Å². The van der Waals surface area contributed by atoms with E-state index in [0.717, 1.165) is 5.75 Å². The maximum atomic E-state index is 5.80. The van der Waals surface area contributed by atoms with E-state index in [1.165, 1.54) is 21.2 Å². The van der Waals surface area contributed by atoms with Crippen molar-refractivity contribution in [2.45, 2.75) is 13.5 Å². The minimum atomic E-state index is 0.632. The van der Waals surface area contributed by atoms with Gasteiger partial charge in [-0.25, -0.2) is 0 Å². The van der Waals surface area contributed by atoms with Crippen molar-refractivity contribution in [1.82, 2.24) is 0 Å². The molecule has 3 aromatic rings. The van der Waals surface area contributed by atoms with Crippen molar-refractivity contribution in [1.29, 1.82) is 0 Å². The predicted octanol–water partition coefficient (Wildman–Crippen LogP) is 4.79. The summed E-state index contributed by atoms with van der Waals surface area (Å²) in [6.45, 7) is 2.76. The summed E-state index contributed by atoms with van der Waals surface area (Å²) in [5, 5.41) is 3.49. The Hall–Kier alpha value is -1.80. The van der Waals surface area contributed by atoms with Crippen molar-refractivity contribution in [3.63, 3.8) is 0 Å². The normalized spacial score (nSPS) is 10.7. The molecule has 1 aromatic heterocycles. The van der Waals surface area contributed by atoms with Crippen LogP contribution < -0.4 is 4.74 Å². The van der Waals surface area contributed by atoms with Gasteiger partial charge in [-0.15, -0.1) is 11.3 Å². The van der Waals surface area contributed by atoms with Crippen LogP contribution in [0.15, 0.2) is 53.9 Å². The average molecular weight is 254 g/mol. The number of aryl methyl sites for hydroxylation is 1. The Kier molecular flexibility index (Phi) is 3.03. The molecule has 0 amide bonds. The van der Waals surface area contributed by atoms with Gasteiger partial charge in [0.05, 0.1) is 0 Å². The molecule has 2 heteroatoms. The van der Waals surface area contributed by atoms with Gasteiger partial charge in [0.1, 0.15) is 12.4 Å². The Labute approximate surface area is 111 Å². The number of ether oxygens (including phenoxy) is 1. The van der Waals surface area contributed by atoms with Gasteiger partial charge in [-0.3, -0.25) is 0 Å². The topological polar surface area (TPSA) is 9.23 Å². The second kappa shape index (κ2) is 4.83. The zero-order valence-corrected chi connectivity index (χ0v) is 11.0. The number of thiophene rings is 1. The van der Waals surface area contributed by atoms with Crippen LogP contribution in [0.4, 0.5) is 0 Å². The molecule has 0 saturated carbocycles. The molecule has 3 rings (SSSR count). The Morgan fingerprint density at radius 3 is 2.72 bits per heavy atom. The van der Waals surface area contributed by atoms with Gasteiger partial charge >= 0.3 is 0 Å². The lowest BCUT2D eigenvalue weighted by Gasteiger charge is -2.05. The van der Waals surface area contributed by atoms with Crippen LogP contribution in [0.25, 0.3) is 10.1 Å². The summed E-state index contributed by atoms with van der Waals surface area (Å²) in [5.74, 6) is 0.920. The Balaban J connectivity index is 1.83. The molecular formula is C16H14OS. The number of rotatable bonds is 3. The van der Waals surface area contributed by atoms with E-state index in [1.807, 2.05) is 30.3 Å². The number of benzene rings is 2. The number of fused-ring (bicyclic) bond motifs is 1. The molecule has 90 valence electrons. The summed E-state index contributed by atoms with van der Waals surface area (Å²) in [5.41, 5.74) is 2.57. The molecule has 0 fully saturated rings. The van der Waals surface area contributed by atoms with Crippen LogP contribution in [-0.4, -0.2) is 0 Å². The Bertz CT molecular complexity index is 655. The van der Waals surface area contributed by atoms with E-state index < -0.39 is 0 Å². The zero-order chi connectivity index (χ0) is 12.4. The van der Waals surface area contributed by atoms with Gasteiger partial charge < -0.3 is 4.74 Å². The van der Waals surface area contributed by atoms with Crippen LogP contribution in [0.1, 0.15) is 11.1 Å². The van der Waals surface area contributed by atoms with Gasteiger partial charge in [-0.2, -0.15) is 0 Å². The fraction of sp³-hybridized carbons (Fsp3) is 0.125. The van der Waals surface area contributed by atoms with Crippen molar-refractivity contribution in [3.8, 4) is 5.75 Å². The van der Waals surface area contributed by atoms with Crippen molar-refractivity contribution in [2.75, 3.05) is 0 Å². The van der Waals surface area contributed by atoms with Gasteiger partial charge in [-0.1, -0.05) is 30.3 Å². The highest BCUT2D eigenvalue weighted by molar-refractivity contribution is 7.17. The fourth-order valence-corrected chi connectivity index (χ4v) is 3.02. The van der Waals surface area contributed by atoms with Crippen molar-refractivity contribution >= 4 is 21.4 Å². The largest absolute Gasteiger partial charge is 0.489 e. The zero-order valence-electron chi connectivity index (χ0n) is 10.2. The Morgan fingerprint density at radius 2 is 1.89 bits per heavy atom. The molecule has 0 radical (unpaired) electrons. The maximum absolute atomic E-state index is 5.80. The van der Waals surface area contributed by atoms with E-state index in [1.54, 1.807) is 11.3 Å². The molecule has 0 aliphatic heterocycles. The third-order valence-corrected chi connectivity index (χ3v) is 3.94. The first-order valence-corrected chi connectivity index (χ1v) is 6.85. The molecule has 1 heterocycles. The van der Waals surface area contributed by atoms with Gasteiger partial charge in [0.25, 0.3) is 0 Å². The number of hydrogen-bond acceptors (Lipinski definition) is 2. The van der Waals surface area contributed by atoms with E-state index in [0.29, 0.717) is 6.61 Å². The van der Waals surface area contributed by atoms with Gasteiger partial charge in [0.2, 0.25) is 0 Å². The van der Waals surface area contributed by atoms with Gasteiger partial charge in [0.15, 0.2) is 0 Å². The van der Waals surface area contributed by atoms with E-state index in [9.17, 15) is 0 Å². The minimum absolute atomic E-state index is 0.632. The highest BCUT2D eigenvalue weighted by Gasteiger charge is 2.04. The SMILES string of the molecule is Cc1ccc2c(COc3ccccc3)csc2c1. The van der Waals surface area contributed by atoms with Crippen LogP contribution in [0.5, 0.6) is 5.75 Å². The molecule has 0 aliphatic rings. The molecule has 0 bridgehead atoms. The third-order valence-electron chi connectivity index (χ3n) is 2.95. The van der Waals surface area contributed by atoms with E-state index in [-0.39, 0.29) is 0 Å². The van der Waals surface area contributed by atoms with Crippen molar-refractivity contribution < 1.29 is 4.74 Å². The lowest BCUT2D eigenvalue weighted by molar-refractivity contribution is 0.308. The third kappa shape index (κ3) is 2.24. The number of hydrogen-bond donors (Lipinski definition) is 0. The van der Waals surface area contributed by atoms with E-state index in [2.05, 4.69) is 30.5 Å². The first kappa shape index (κ1) is 11.3. The Morgan fingerprint density at radius 1 is 1.06 bits per heavy atom. The first-order valence-electron chi connectivity index (χ1n) is 5.97. The molecule has 0 spiro atoms. The second-order valence-electron chi connectivity index (χ2n) is 4.36. The summed E-state index contributed by atoms with van der Waals surface area (Å²) < 4.78 is 7.13. The molecule has 0 atom stereocenters. The standard InChI is InChI=1S/C16H14OS/c1-12-7-8-15-13(11-18-16(15)9-12)10-17-14-5-3-2-4-6-14/h2-9,11H,10H2,1H3. The molecule has 0 N–H and O–H groups in total. The van der Waals surface area contributed by atoms with Crippen molar-refractivity contribution in [3.05, 3.63) is 65.0 Å². The van der Waals surface area contributed by atoms with Crippen molar-refractivity contribution in [2.24, 2.45) is 0 Å². The summed E-state index contributed by atoms with van der Waals surface area (Å²) in [7, 11) is 0. The smallest absolute Gasteiger partial charge is 0.119 e. The minimum Gasteiger partial charge on any atom is -0.489 e. The molecule has 0 saturated heterocycles. The molecule has 0 unspecified atom stereocenters. The second-order valence-corrected chi connectivity index (χ2v) is 5.27. The summed E-state index contributed by atoms with van der Waals surface area (Å²) in [6, 6.07) is 16.5. The monoisotopic (exact) mass is 254 g/mol. The fourth-order valence-electron chi connectivity index (χ4n) is 1.98. The lowest BCUT2D eigenvalue weighted by atomic mass is 10.1. The molecule has 18 heavy (non-hydrogen) atoms. The van der Waals surface area contributed by atoms with Crippen LogP contribution >= 0.6 is 11.3 Å². The molecule has 1 nitrogen and oxygen atoms in total. The molecular weight excluding hydrogens is 240 g/mol. The average Bonchev–Trinajstić information content (AvgIpc) is 2.80. The molecule has 0 aliphatic carbocycles. The van der Waals surface area contributed by atoms with Crippen LogP contribution in [0, 0.1) is 6.92 Å². The van der Waals surface area contributed by atoms with E-state index in [4.69, 9.17) is 4.74 Å². The van der Waals surface area contributed by atoms with E-state index >= 15 is 0 Å². The maximum Gasteiger partial charge on any atom is 0.119 e. The quantitative estimate of drug-likeness (QED) is 0.653. The van der Waals surface area contributed by atoms with Crippen LogP contribution in [0.3, 0.4) is 0 Å². The number of para-hydroxylation sites is 1. The predicted molar refractivity (Wildman–Crippen MR) is 77.3 cm³/mol. The lowest BCUT2D eigenvalue weighted by Crippen LogP contribution is -1.93. The highest BCUT2D eigenvalue weighted by Crippen LogP contribution is 2.27. The summed E-state index contributed by atoms with van der Waals surface area (Å²) in [4.78, 5) is 0. The van der Waals surface area contributed by atoms with Gasteiger partial charge in [-0.05, 0) is 41.5 Å². The summed E-state index contributed by atoms with van der Waals surface area (Å²) >= 11 is 1.78. The summed E-state index contributed by atoms with van der Waals surface area (Å²) in [6.07, 6.45) is 0. The van der Waals surface area contributed by atoms with Crippen LogP contribution in [-0.2, 0) is 6.61 Å².